The van der Waals surface area contributed by atoms with Crippen LogP contribution in [-0.4, -0.2) is 5.78 Å². The van der Waals surface area contributed by atoms with Crippen molar-refractivity contribution >= 4 is 5.78 Å². The van der Waals surface area contributed by atoms with E-state index in [0.29, 0.717) is 17.1 Å². The number of hydrogen-bond acceptors (Lipinski definition) is 1. The fourth-order valence-electron chi connectivity index (χ4n) is 3.39. The van der Waals surface area contributed by atoms with Crippen LogP contribution in [0.1, 0.15) is 64.7 Å². The number of carbonyl (C=O) groups excluding carboxylic acids is 1. The van der Waals surface area contributed by atoms with E-state index < -0.39 is 0 Å². The molecule has 80 valence electrons. The predicted molar refractivity (Wildman–Crippen MR) is 58.2 cm³/mol. The molecule has 0 aliphatic heterocycles. The van der Waals surface area contributed by atoms with E-state index in [1.165, 1.54) is 38.5 Å². The average Bonchev–Trinajstić information content (AvgIpc) is 2.19. The van der Waals surface area contributed by atoms with Crippen LogP contribution in [0.25, 0.3) is 0 Å². The van der Waals surface area contributed by atoms with E-state index in [4.69, 9.17) is 0 Å². The molecule has 2 aliphatic carbocycles. The fourth-order valence-corrected chi connectivity index (χ4v) is 3.39. The third-order valence-corrected chi connectivity index (χ3v) is 4.46. The summed E-state index contributed by atoms with van der Waals surface area (Å²) in [5.74, 6) is 1.23. The van der Waals surface area contributed by atoms with E-state index >= 15 is 0 Å². The van der Waals surface area contributed by atoms with Gasteiger partial charge in [-0.15, -0.1) is 0 Å². The van der Waals surface area contributed by atoms with Gasteiger partial charge in [-0.3, -0.25) is 4.79 Å². The van der Waals surface area contributed by atoms with Gasteiger partial charge in [0.05, 0.1) is 0 Å². The van der Waals surface area contributed by atoms with Gasteiger partial charge < -0.3 is 0 Å². The molecule has 1 atom stereocenters. The molecule has 2 aliphatic rings. The highest BCUT2D eigenvalue weighted by molar-refractivity contribution is 5.79. The van der Waals surface area contributed by atoms with Gasteiger partial charge >= 0.3 is 0 Å². The molecule has 1 heteroatoms. The van der Waals surface area contributed by atoms with Gasteiger partial charge in [-0.1, -0.05) is 26.2 Å². The molecule has 0 aromatic rings. The van der Waals surface area contributed by atoms with Crippen LogP contribution in [0.5, 0.6) is 0 Å². The Morgan fingerprint density at radius 3 is 2.50 bits per heavy atom. The molecule has 0 N–H and O–H groups in total. The van der Waals surface area contributed by atoms with Crippen LogP contribution in [-0.2, 0) is 4.79 Å². The molecule has 0 heterocycles. The van der Waals surface area contributed by atoms with Crippen LogP contribution in [0, 0.1) is 11.3 Å². The zero-order valence-electron chi connectivity index (χ0n) is 9.35. The van der Waals surface area contributed by atoms with Crippen molar-refractivity contribution in [1.82, 2.24) is 0 Å². The van der Waals surface area contributed by atoms with Crippen LogP contribution in [0.4, 0.5) is 0 Å². The number of hydrogen-bond donors (Lipinski definition) is 0. The number of Topliss-reactive ketones (excluding diaryl/α,β-unsaturated/α-hetero) is 1. The van der Waals surface area contributed by atoms with E-state index in [9.17, 15) is 4.79 Å². The molecule has 2 saturated carbocycles. The lowest BCUT2D eigenvalue weighted by Gasteiger charge is -2.42. The van der Waals surface area contributed by atoms with E-state index in [2.05, 4.69) is 6.92 Å². The molecule has 0 spiro atoms. The van der Waals surface area contributed by atoms with Crippen molar-refractivity contribution in [3.05, 3.63) is 0 Å². The van der Waals surface area contributed by atoms with Crippen molar-refractivity contribution in [3.63, 3.8) is 0 Å². The first-order valence-corrected chi connectivity index (χ1v) is 6.22. The Morgan fingerprint density at radius 2 is 1.86 bits per heavy atom. The number of carbonyl (C=O) groups is 1. The molecule has 2 fully saturated rings. The van der Waals surface area contributed by atoms with E-state index in [-0.39, 0.29) is 0 Å². The SMILES string of the molecule is CC1(C2CCCC(=O)C2)CCCCC1. The molecule has 0 saturated heterocycles. The summed E-state index contributed by atoms with van der Waals surface area (Å²) in [6, 6.07) is 0. The first kappa shape index (κ1) is 10.2. The number of rotatable bonds is 1. The minimum Gasteiger partial charge on any atom is -0.300 e. The van der Waals surface area contributed by atoms with Gasteiger partial charge in [0, 0.05) is 12.8 Å². The summed E-state index contributed by atoms with van der Waals surface area (Å²) in [4.78, 5) is 11.5. The molecular weight excluding hydrogens is 172 g/mol. The normalized spacial score (nSPS) is 32.9. The van der Waals surface area contributed by atoms with Crippen molar-refractivity contribution in [3.8, 4) is 0 Å². The summed E-state index contributed by atoms with van der Waals surface area (Å²) in [7, 11) is 0. The monoisotopic (exact) mass is 194 g/mol. The maximum absolute atomic E-state index is 11.5. The summed E-state index contributed by atoms with van der Waals surface area (Å²) in [5.41, 5.74) is 0.508. The highest BCUT2D eigenvalue weighted by Gasteiger charge is 2.37. The first-order chi connectivity index (χ1) is 6.71. The van der Waals surface area contributed by atoms with Gasteiger partial charge in [-0.2, -0.15) is 0 Å². The molecule has 1 unspecified atom stereocenters. The second-order valence-corrected chi connectivity index (χ2v) is 5.55. The quantitative estimate of drug-likeness (QED) is 0.622. The third kappa shape index (κ3) is 2.02. The summed E-state index contributed by atoms with van der Waals surface area (Å²) >= 11 is 0. The van der Waals surface area contributed by atoms with E-state index in [1.807, 2.05) is 0 Å². The van der Waals surface area contributed by atoms with Crippen molar-refractivity contribution in [1.29, 1.82) is 0 Å². The average molecular weight is 194 g/mol. The summed E-state index contributed by atoms with van der Waals surface area (Å²) in [5, 5.41) is 0. The summed E-state index contributed by atoms with van der Waals surface area (Å²) in [6.07, 6.45) is 11.1. The van der Waals surface area contributed by atoms with Crippen LogP contribution in [0.3, 0.4) is 0 Å². The third-order valence-electron chi connectivity index (χ3n) is 4.46. The first-order valence-electron chi connectivity index (χ1n) is 6.22. The number of ketones is 1. The molecule has 0 radical (unpaired) electrons. The lowest BCUT2D eigenvalue weighted by Crippen LogP contribution is -2.33. The lowest BCUT2D eigenvalue weighted by atomic mass is 9.63. The Morgan fingerprint density at radius 1 is 1.14 bits per heavy atom. The highest BCUT2D eigenvalue weighted by atomic mass is 16.1. The van der Waals surface area contributed by atoms with Crippen molar-refractivity contribution in [2.45, 2.75) is 64.7 Å². The van der Waals surface area contributed by atoms with Gasteiger partial charge in [0.2, 0.25) is 0 Å². The Hall–Kier alpha value is -0.330. The molecule has 2 rings (SSSR count). The van der Waals surface area contributed by atoms with Crippen molar-refractivity contribution < 1.29 is 4.79 Å². The van der Waals surface area contributed by atoms with Crippen LogP contribution >= 0.6 is 0 Å². The highest BCUT2D eigenvalue weighted by Crippen LogP contribution is 2.47. The maximum atomic E-state index is 11.5. The Labute approximate surface area is 87.3 Å². The molecule has 0 aromatic heterocycles. The van der Waals surface area contributed by atoms with Crippen molar-refractivity contribution in [2.24, 2.45) is 11.3 Å². The Kier molecular flexibility index (Phi) is 2.94. The standard InChI is InChI=1S/C13H22O/c1-13(8-3-2-4-9-13)11-6-5-7-12(14)10-11/h11H,2-10H2,1H3. The van der Waals surface area contributed by atoms with Gasteiger partial charge in [0.1, 0.15) is 5.78 Å². The minimum absolute atomic E-state index is 0.508. The van der Waals surface area contributed by atoms with E-state index in [1.54, 1.807) is 0 Å². The Balaban J connectivity index is 2.00. The van der Waals surface area contributed by atoms with Gasteiger partial charge in [-0.25, -0.2) is 0 Å². The molecule has 0 amide bonds. The van der Waals surface area contributed by atoms with Crippen LogP contribution in [0.2, 0.25) is 0 Å². The second kappa shape index (κ2) is 4.04. The summed E-state index contributed by atoms with van der Waals surface area (Å²) < 4.78 is 0. The molecular formula is C13H22O. The van der Waals surface area contributed by atoms with Gasteiger partial charge in [0.25, 0.3) is 0 Å². The zero-order valence-corrected chi connectivity index (χ0v) is 9.35. The fraction of sp³-hybridized carbons (Fsp3) is 0.923. The smallest absolute Gasteiger partial charge is 0.133 e. The minimum atomic E-state index is 0.508. The second-order valence-electron chi connectivity index (χ2n) is 5.55. The van der Waals surface area contributed by atoms with Gasteiger partial charge in [0.15, 0.2) is 0 Å². The molecule has 14 heavy (non-hydrogen) atoms. The van der Waals surface area contributed by atoms with Crippen LogP contribution in [0.15, 0.2) is 0 Å². The topological polar surface area (TPSA) is 17.1 Å². The Bertz CT molecular complexity index is 213. The largest absolute Gasteiger partial charge is 0.300 e. The van der Waals surface area contributed by atoms with Crippen molar-refractivity contribution in [2.75, 3.05) is 0 Å². The molecule has 0 bridgehead atoms. The molecule has 0 aromatic carbocycles. The zero-order chi connectivity index (χ0) is 10.0. The van der Waals surface area contributed by atoms with Crippen LogP contribution < -0.4 is 0 Å². The lowest BCUT2D eigenvalue weighted by molar-refractivity contribution is -0.123. The summed E-state index contributed by atoms with van der Waals surface area (Å²) in [6.45, 7) is 2.43. The predicted octanol–water partition coefficient (Wildman–Crippen LogP) is 3.72. The molecule has 1 nitrogen and oxygen atoms in total. The maximum Gasteiger partial charge on any atom is 0.133 e. The van der Waals surface area contributed by atoms with Gasteiger partial charge in [-0.05, 0) is 37.0 Å². The van der Waals surface area contributed by atoms with E-state index in [0.717, 1.165) is 19.3 Å².